The monoisotopic (exact) mass is 303 g/mol. The minimum atomic E-state index is 0.402. The van der Waals surface area contributed by atoms with Gasteiger partial charge in [-0.1, -0.05) is 36.8 Å². The van der Waals surface area contributed by atoms with Crippen LogP contribution >= 0.6 is 0 Å². The third kappa shape index (κ3) is 5.02. The van der Waals surface area contributed by atoms with E-state index < -0.39 is 0 Å². The van der Waals surface area contributed by atoms with Crippen LogP contribution in [0.25, 0.3) is 0 Å². The van der Waals surface area contributed by atoms with Crippen molar-refractivity contribution >= 4 is 5.96 Å². The summed E-state index contributed by atoms with van der Waals surface area (Å²) < 4.78 is 5.26. The van der Waals surface area contributed by atoms with Crippen LogP contribution in [0.4, 0.5) is 0 Å². The molecule has 0 atom stereocenters. The summed E-state index contributed by atoms with van der Waals surface area (Å²) in [6, 6.07) is 10.4. The molecule has 1 aliphatic rings. The van der Waals surface area contributed by atoms with E-state index in [4.69, 9.17) is 4.74 Å². The Morgan fingerprint density at radius 1 is 1.23 bits per heavy atom. The van der Waals surface area contributed by atoms with E-state index in [0.29, 0.717) is 12.0 Å². The van der Waals surface area contributed by atoms with E-state index in [0.717, 1.165) is 32.1 Å². The molecule has 1 fully saturated rings. The Bertz CT molecular complexity index is 455. The van der Waals surface area contributed by atoms with E-state index in [1.54, 1.807) is 7.11 Å². The number of nitrogens with one attached hydrogen (secondary N) is 2. The molecule has 4 nitrogen and oxygen atoms in total. The van der Waals surface area contributed by atoms with Gasteiger partial charge in [-0.2, -0.15) is 0 Å². The normalized spacial score (nSPS) is 16.9. The predicted octanol–water partition coefficient (Wildman–Crippen LogP) is 2.95. The second-order valence-corrected chi connectivity index (χ2v) is 6.13. The summed E-state index contributed by atoms with van der Waals surface area (Å²) >= 11 is 0. The van der Waals surface area contributed by atoms with Crippen LogP contribution in [0.15, 0.2) is 35.3 Å². The number of hydrogen-bond acceptors (Lipinski definition) is 2. The van der Waals surface area contributed by atoms with Crippen molar-refractivity contribution in [2.45, 2.75) is 39.2 Å². The molecule has 0 amide bonds. The lowest BCUT2D eigenvalue weighted by Crippen LogP contribution is -2.46. The molecule has 1 saturated carbocycles. The van der Waals surface area contributed by atoms with E-state index in [1.165, 1.54) is 24.8 Å². The second-order valence-electron chi connectivity index (χ2n) is 6.13. The molecule has 0 bridgehead atoms. The topological polar surface area (TPSA) is 45.7 Å². The maximum absolute atomic E-state index is 5.26. The number of methoxy groups -OCH3 is 1. The zero-order valence-electron chi connectivity index (χ0n) is 13.9. The summed E-state index contributed by atoms with van der Waals surface area (Å²) in [6.45, 7) is 5.52. The van der Waals surface area contributed by atoms with E-state index in [2.05, 4.69) is 46.8 Å². The molecule has 0 unspecified atom stereocenters. The highest BCUT2D eigenvalue weighted by atomic mass is 16.5. The van der Waals surface area contributed by atoms with E-state index >= 15 is 0 Å². The Kier molecular flexibility index (Phi) is 6.72. The highest BCUT2D eigenvalue weighted by Gasteiger charge is 2.36. The van der Waals surface area contributed by atoms with Gasteiger partial charge < -0.3 is 15.4 Å². The molecule has 0 aromatic heterocycles. The molecule has 0 spiro atoms. The SMILES string of the molecule is CCNC(=NCc1ccccc1)NCC1(CCOC)CCC1. The quantitative estimate of drug-likeness (QED) is 0.573. The first-order valence-electron chi connectivity index (χ1n) is 8.33. The molecule has 0 heterocycles. The Balaban J connectivity index is 1.87. The zero-order valence-corrected chi connectivity index (χ0v) is 13.9. The molecule has 122 valence electrons. The van der Waals surface area contributed by atoms with Gasteiger partial charge in [-0.15, -0.1) is 0 Å². The van der Waals surface area contributed by atoms with Gasteiger partial charge in [0.25, 0.3) is 0 Å². The van der Waals surface area contributed by atoms with Gasteiger partial charge in [-0.05, 0) is 37.2 Å². The van der Waals surface area contributed by atoms with Crippen LogP contribution < -0.4 is 10.6 Å². The van der Waals surface area contributed by atoms with E-state index in [-0.39, 0.29) is 0 Å². The Hall–Kier alpha value is -1.55. The zero-order chi connectivity index (χ0) is 15.7. The van der Waals surface area contributed by atoms with Crippen LogP contribution in [-0.4, -0.2) is 32.8 Å². The maximum atomic E-state index is 5.26. The smallest absolute Gasteiger partial charge is 0.191 e. The van der Waals surface area contributed by atoms with Crippen LogP contribution in [0.3, 0.4) is 0 Å². The van der Waals surface area contributed by atoms with Crippen LogP contribution in [0.1, 0.15) is 38.2 Å². The number of benzene rings is 1. The van der Waals surface area contributed by atoms with E-state index in [1.807, 2.05) is 6.07 Å². The van der Waals surface area contributed by atoms with Gasteiger partial charge in [0.1, 0.15) is 0 Å². The highest BCUT2D eigenvalue weighted by molar-refractivity contribution is 5.79. The first-order chi connectivity index (χ1) is 10.8. The van der Waals surface area contributed by atoms with Crippen molar-refractivity contribution in [2.24, 2.45) is 10.4 Å². The molecule has 1 aliphatic carbocycles. The first-order valence-corrected chi connectivity index (χ1v) is 8.33. The van der Waals surface area contributed by atoms with Crippen molar-refractivity contribution in [3.05, 3.63) is 35.9 Å². The van der Waals surface area contributed by atoms with Crippen molar-refractivity contribution in [3.8, 4) is 0 Å². The third-order valence-electron chi connectivity index (χ3n) is 4.49. The molecule has 0 aliphatic heterocycles. The molecule has 1 aromatic carbocycles. The fourth-order valence-corrected chi connectivity index (χ4v) is 2.88. The van der Waals surface area contributed by atoms with Gasteiger partial charge in [-0.3, -0.25) is 0 Å². The van der Waals surface area contributed by atoms with Crippen LogP contribution in [0.2, 0.25) is 0 Å². The number of hydrogen-bond donors (Lipinski definition) is 2. The summed E-state index contributed by atoms with van der Waals surface area (Å²) in [7, 11) is 1.78. The van der Waals surface area contributed by atoms with Gasteiger partial charge >= 0.3 is 0 Å². The van der Waals surface area contributed by atoms with Gasteiger partial charge in [0, 0.05) is 26.8 Å². The van der Waals surface area contributed by atoms with E-state index in [9.17, 15) is 0 Å². The Morgan fingerprint density at radius 2 is 2.00 bits per heavy atom. The average molecular weight is 303 g/mol. The van der Waals surface area contributed by atoms with Gasteiger partial charge in [-0.25, -0.2) is 4.99 Å². The minimum Gasteiger partial charge on any atom is -0.385 e. The van der Waals surface area contributed by atoms with Crippen molar-refractivity contribution in [1.29, 1.82) is 0 Å². The van der Waals surface area contributed by atoms with Crippen molar-refractivity contribution < 1.29 is 4.74 Å². The largest absolute Gasteiger partial charge is 0.385 e. The standard InChI is InChI=1S/C18H29N3O/c1-3-19-17(20-14-16-8-5-4-6-9-16)21-15-18(10-7-11-18)12-13-22-2/h4-6,8-9H,3,7,10-15H2,1-2H3,(H2,19,20,21). The predicted molar refractivity (Wildman–Crippen MR) is 92.0 cm³/mol. The highest BCUT2D eigenvalue weighted by Crippen LogP contribution is 2.43. The van der Waals surface area contributed by atoms with Crippen molar-refractivity contribution in [1.82, 2.24) is 10.6 Å². The summed E-state index contributed by atoms with van der Waals surface area (Å²) in [5, 5.41) is 6.86. The Labute approximate surface area is 134 Å². The molecule has 2 rings (SSSR count). The second kappa shape index (κ2) is 8.79. The first kappa shape index (κ1) is 16.8. The Morgan fingerprint density at radius 3 is 2.59 bits per heavy atom. The van der Waals surface area contributed by atoms with Crippen LogP contribution in [0.5, 0.6) is 0 Å². The van der Waals surface area contributed by atoms with Gasteiger partial charge in [0.15, 0.2) is 5.96 Å². The number of rotatable bonds is 8. The number of aliphatic imine (C=N–C) groups is 1. The lowest BCUT2D eigenvalue weighted by atomic mass is 9.67. The summed E-state index contributed by atoms with van der Waals surface area (Å²) in [5.74, 6) is 0.912. The molecule has 0 radical (unpaired) electrons. The lowest BCUT2D eigenvalue weighted by Gasteiger charge is -2.42. The fraction of sp³-hybridized carbons (Fsp3) is 0.611. The summed E-state index contributed by atoms with van der Waals surface area (Å²) in [4.78, 5) is 4.69. The average Bonchev–Trinajstić information content (AvgIpc) is 2.52. The van der Waals surface area contributed by atoms with Gasteiger partial charge in [0.05, 0.1) is 6.54 Å². The van der Waals surface area contributed by atoms with Crippen LogP contribution in [0, 0.1) is 5.41 Å². The number of ether oxygens (including phenoxy) is 1. The lowest BCUT2D eigenvalue weighted by molar-refractivity contribution is 0.0732. The molecule has 0 saturated heterocycles. The molecular formula is C18H29N3O. The third-order valence-corrected chi connectivity index (χ3v) is 4.49. The molecule has 4 heteroatoms. The fourth-order valence-electron chi connectivity index (χ4n) is 2.88. The van der Waals surface area contributed by atoms with Gasteiger partial charge in [0.2, 0.25) is 0 Å². The van der Waals surface area contributed by atoms with Crippen LogP contribution in [-0.2, 0) is 11.3 Å². The minimum absolute atomic E-state index is 0.402. The maximum Gasteiger partial charge on any atom is 0.191 e. The summed E-state index contributed by atoms with van der Waals surface area (Å²) in [5.41, 5.74) is 1.64. The van der Waals surface area contributed by atoms with Crippen molar-refractivity contribution in [2.75, 3.05) is 26.8 Å². The summed E-state index contributed by atoms with van der Waals surface area (Å²) in [6.07, 6.45) is 5.06. The molecule has 2 N–H and O–H groups in total. The van der Waals surface area contributed by atoms with Crippen molar-refractivity contribution in [3.63, 3.8) is 0 Å². The molecular weight excluding hydrogens is 274 g/mol. The molecule has 22 heavy (non-hydrogen) atoms. The number of guanidine groups is 1. The molecule has 1 aromatic rings. The number of nitrogens with zero attached hydrogens (tertiary/aromatic N) is 1.